The predicted molar refractivity (Wildman–Crippen MR) is 54.5 cm³/mol. The molecule has 82 valence electrons. The normalized spacial score (nSPS) is 9.93. The Morgan fingerprint density at radius 1 is 1.47 bits per heavy atom. The second kappa shape index (κ2) is 6.92. The zero-order chi connectivity index (χ0) is 10.9. The van der Waals surface area contributed by atoms with Crippen molar-refractivity contribution in [3.8, 4) is 0 Å². The molecule has 0 aliphatic rings. The number of rotatable bonds is 6. The zero-order valence-corrected chi connectivity index (χ0v) is 8.35. The van der Waals surface area contributed by atoms with Crippen LogP contribution in [-0.2, 0) is 4.74 Å². The predicted octanol–water partition coefficient (Wildman–Crippen LogP) is -0.180. The van der Waals surface area contributed by atoms with Crippen LogP contribution in [0.2, 0.25) is 0 Å². The number of aliphatic hydroxyl groups is 1. The summed E-state index contributed by atoms with van der Waals surface area (Å²) >= 11 is 0. The summed E-state index contributed by atoms with van der Waals surface area (Å²) in [5, 5.41) is 11.1. The van der Waals surface area contributed by atoms with Gasteiger partial charge in [-0.3, -0.25) is 9.78 Å². The first kappa shape index (κ1) is 11.6. The maximum Gasteiger partial charge on any atom is 0.269 e. The summed E-state index contributed by atoms with van der Waals surface area (Å²) in [6.45, 7) is 1.09. The van der Waals surface area contributed by atoms with Crippen molar-refractivity contribution in [2.24, 2.45) is 0 Å². The Morgan fingerprint density at radius 3 is 3.00 bits per heavy atom. The molecular formula is C10H14N2O3. The molecule has 1 heterocycles. The quantitative estimate of drug-likeness (QED) is 0.639. The van der Waals surface area contributed by atoms with Crippen molar-refractivity contribution < 1.29 is 14.6 Å². The summed E-state index contributed by atoms with van der Waals surface area (Å²) in [4.78, 5) is 15.3. The first-order valence-electron chi connectivity index (χ1n) is 4.72. The Morgan fingerprint density at radius 2 is 2.33 bits per heavy atom. The van der Waals surface area contributed by atoms with E-state index in [-0.39, 0.29) is 12.5 Å². The van der Waals surface area contributed by atoms with Crippen LogP contribution in [0.15, 0.2) is 24.4 Å². The summed E-state index contributed by atoms with van der Waals surface area (Å²) in [5.74, 6) is -0.219. The second-order valence-electron chi connectivity index (χ2n) is 2.81. The number of carbonyl (C=O) groups is 1. The number of carbonyl (C=O) groups excluding carboxylic acids is 1. The Balaban J connectivity index is 2.20. The highest BCUT2D eigenvalue weighted by Crippen LogP contribution is 1.91. The van der Waals surface area contributed by atoms with Crippen LogP contribution in [0.4, 0.5) is 0 Å². The highest BCUT2D eigenvalue weighted by atomic mass is 16.5. The molecule has 0 bridgehead atoms. The lowest BCUT2D eigenvalue weighted by atomic mass is 10.3. The van der Waals surface area contributed by atoms with E-state index in [0.717, 1.165) is 0 Å². The molecule has 1 aromatic rings. The van der Waals surface area contributed by atoms with Crippen LogP contribution in [0.5, 0.6) is 0 Å². The van der Waals surface area contributed by atoms with Crippen molar-refractivity contribution in [1.82, 2.24) is 10.3 Å². The van der Waals surface area contributed by atoms with Gasteiger partial charge in [-0.15, -0.1) is 0 Å². The Bertz CT molecular complexity index is 290. The van der Waals surface area contributed by atoms with Gasteiger partial charge in [-0.05, 0) is 12.1 Å². The number of amides is 1. The van der Waals surface area contributed by atoms with Gasteiger partial charge in [0.25, 0.3) is 5.91 Å². The van der Waals surface area contributed by atoms with E-state index < -0.39 is 0 Å². The average molecular weight is 210 g/mol. The summed E-state index contributed by atoms with van der Waals surface area (Å²) in [5.41, 5.74) is 0.389. The number of nitrogens with zero attached hydrogens (tertiary/aromatic N) is 1. The minimum atomic E-state index is -0.219. The third kappa shape index (κ3) is 4.53. The maximum atomic E-state index is 11.4. The Kier molecular flexibility index (Phi) is 5.35. The van der Waals surface area contributed by atoms with Gasteiger partial charge >= 0.3 is 0 Å². The molecule has 0 spiro atoms. The fourth-order valence-electron chi connectivity index (χ4n) is 0.991. The molecule has 15 heavy (non-hydrogen) atoms. The van der Waals surface area contributed by atoms with E-state index in [1.165, 1.54) is 0 Å². The summed E-state index contributed by atoms with van der Waals surface area (Å²) < 4.78 is 4.98. The number of pyridine rings is 1. The number of hydrogen-bond acceptors (Lipinski definition) is 4. The van der Waals surface area contributed by atoms with Gasteiger partial charge in [-0.2, -0.15) is 0 Å². The Hall–Kier alpha value is -1.46. The van der Waals surface area contributed by atoms with Crippen LogP contribution < -0.4 is 5.32 Å². The van der Waals surface area contributed by atoms with Crippen LogP contribution in [0, 0.1) is 0 Å². The first-order valence-corrected chi connectivity index (χ1v) is 4.72. The van der Waals surface area contributed by atoms with E-state index in [2.05, 4.69) is 10.3 Å². The number of nitrogens with one attached hydrogen (secondary N) is 1. The fraction of sp³-hybridized carbons (Fsp3) is 0.400. The van der Waals surface area contributed by atoms with Gasteiger partial charge in [0.1, 0.15) is 5.69 Å². The molecule has 0 aliphatic carbocycles. The van der Waals surface area contributed by atoms with Crippen LogP contribution >= 0.6 is 0 Å². The minimum Gasteiger partial charge on any atom is -0.394 e. The van der Waals surface area contributed by atoms with E-state index in [0.29, 0.717) is 25.5 Å². The highest BCUT2D eigenvalue weighted by Gasteiger charge is 2.03. The third-order valence-electron chi connectivity index (χ3n) is 1.67. The lowest BCUT2D eigenvalue weighted by Gasteiger charge is -2.04. The molecule has 0 aromatic carbocycles. The van der Waals surface area contributed by atoms with Crippen LogP contribution in [0.3, 0.4) is 0 Å². The van der Waals surface area contributed by atoms with E-state index in [4.69, 9.17) is 9.84 Å². The largest absolute Gasteiger partial charge is 0.394 e. The third-order valence-corrected chi connectivity index (χ3v) is 1.67. The molecule has 2 N–H and O–H groups in total. The summed E-state index contributed by atoms with van der Waals surface area (Å²) in [6, 6.07) is 5.15. The van der Waals surface area contributed by atoms with Crippen LogP contribution in [-0.4, -0.2) is 42.4 Å². The minimum absolute atomic E-state index is 0.00577. The fourth-order valence-corrected chi connectivity index (χ4v) is 0.991. The van der Waals surface area contributed by atoms with Crippen molar-refractivity contribution in [2.75, 3.05) is 26.4 Å². The molecule has 1 amide bonds. The van der Waals surface area contributed by atoms with E-state index in [1.54, 1.807) is 24.4 Å². The lowest BCUT2D eigenvalue weighted by Crippen LogP contribution is -2.28. The molecule has 0 aliphatic heterocycles. The van der Waals surface area contributed by atoms with Gasteiger partial charge in [0.2, 0.25) is 0 Å². The average Bonchev–Trinajstić information content (AvgIpc) is 2.30. The van der Waals surface area contributed by atoms with Crippen molar-refractivity contribution >= 4 is 5.91 Å². The molecule has 0 unspecified atom stereocenters. The standard InChI is InChI=1S/C10H14N2O3/c13-6-8-15-7-5-12-10(14)9-3-1-2-4-11-9/h1-4,13H,5-8H2,(H,12,14). The van der Waals surface area contributed by atoms with Crippen LogP contribution in [0.1, 0.15) is 10.5 Å². The van der Waals surface area contributed by atoms with Gasteiger partial charge < -0.3 is 15.2 Å². The highest BCUT2D eigenvalue weighted by molar-refractivity contribution is 5.92. The topological polar surface area (TPSA) is 71.5 Å². The van der Waals surface area contributed by atoms with Gasteiger partial charge in [0, 0.05) is 12.7 Å². The molecule has 0 saturated heterocycles. The molecule has 0 atom stereocenters. The summed E-state index contributed by atoms with van der Waals surface area (Å²) in [7, 11) is 0. The van der Waals surface area contributed by atoms with Gasteiger partial charge in [0.15, 0.2) is 0 Å². The van der Waals surface area contributed by atoms with Crippen LogP contribution in [0.25, 0.3) is 0 Å². The Labute approximate surface area is 88.1 Å². The number of aromatic nitrogens is 1. The smallest absolute Gasteiger partial charge is 0.269 e. The van der Waals surface area contributed by atoms with Gasteiger partial charge in [-0.1, -0.05) is 6.07 Å². The van der Waals surface area contributed by atoms with E-state index >= 15 is 0 Å². The summed E-state index contributed by atoms with van der Waals surface area (Å²) in [6.07, 6.45) is 1.57. The maximum absolute atomic E-state index is 11.4. The van der Waals surface area contributed by atoms with E-state index in [1.807, 2.05) is 0 Å². The molecule has 5 heteroatoms. The molecular weight excluding hydrogens is 196 g/mol. The van der Waals surface area contributed by atoms with Crippen molar-refractivity contribution in [3.63, 3.8) is 0 Å². The zero-order valence-electron chi connectivity index (χ0n) is 8.35. The molecule has 1 aromatic heterocycles. The second-order valence-corrected chi connectivity index (χ2v) is 2.81. The molecule has 0 radical (unpaired) electrons. The SMILES string of the molecule is O=C(NCCOCCO)c1ccccn1. The number of ether oxygens (including phenoxy) is 1. The first-order chi connectivity index (χ1) is 7.34. The lowest BCUT2D eigenvalue weighted by molar-refractivity contribution is 0.0835. The monoisotopic (exact) mass is 210 g/mol. The van der Waals surface area contributed by atoms with Crippen molar-refractivity contribution in [1.29, 1.82) is 0 Å². The molecule has 1 rings (SSSR count). The van der Waals surface area contributed by atoms with Gasteiger partial charge in [0.05, 0.1) is 19.8 Å². The molecule has 0 fully saturated rings. The van der Waals surface area contributed by atoms with Gasteiger partial charge in [-0.25, -0.2) is 0 Å². The van der Waals surface area contributed by atoms with E-state index in [9.17, 15) is 4.79 Å². The number of aliphatic hydroxyl groups excluding tert-OH is 1. The van der Waals surface area contributed by atoms with Crippen molar-refractivity contribution in [3.05, 3.63) is 30.1 Å². The molecule has 5 nitrogen and oxygen atoms in total. The van der Waals surface area contributed by atoms with Crippen molar-refractivity contribution in [2.45, 2.75) is 0 Å². The molecule has 0 saturated carbocycles. The number of hydrogen-bond donors (Lipinski definition) is 2.